The van der Waals surface area contributed by atoms with Gasteiger partial charge in [0.2, 0.25) is 0 Å². The molecule has 20 heavy (non-hydrogen) atoms. The van der Waals surface area contributed by atoms with Gasteiger partial charge in [-0.15, -0.1) is 0 Å². The summed E-state index contributed by atoms with van der Waals surface area (Å²) in [5, 5.41) is 0.623. The minimum atomic E-state index is 0.159. The fourth-order valence-corrected chi connectivity index (χ4v) is 3.12. The Balaban J connectivity index is 2.21. The van der Waals surface area contributed by atoms with Crippen molar-refractivity contribution in [2.75, 3.05) is 26.7 Å². The maximum Gasteiger partial charge on any atom is 0.137 e. The molecule has 5 heteroatoms. The van der Waals surface area contributed by atoms with E-state index >= 15 is 0 Å². The zero-order chi connectivity index (χ0) is 14.7. The first-order valence-electron chi connectivity index (χ1n) is 6.98. The molecule has 1 saturated heterocycles. The Bertz CT molecular complexity index is 445. The molecule has 0 amide bonds. The lowest BCUT2D eigenvalue weighted by molar-refractivity contribution is -0.0799. The smallest absolute Gasteiger partial charge is 0.137 e. The van der Waals surface area contributed by atoms with Gasteiger partial charge in [-0.05, 0) is 31.5 Å². The summed E-state index contributed by atoms with van der Waals surface area (Å²) in [7, 11) is 1.62. The Morgan fingerprint density at radius 2 is 2.05 bits per heavy atom. The Morgan fingerprint density at radius 1 is 1.40 bits per heavy atom. The third kappa shape index (κ3) is 3.44. The molecule has 1 aliphatic rings. The van der Waals surface area contributed by atoms with Gasteiger partial charge in [-0.3, -0.25) is 4.90 Å². The van der Waals surface area contributed by atoms with Crippen LogP contribution in [0.2, 0.25) is 5.02 Å². The first-order valence-corrected chi connectivity index (χ1v) is 7.36. The summed E-state index contributed by atoms with van der Waals surface area (Å²) in [6.07, 6.45) is 0.447. The van der Waals surface area contributed by atoms with Crippen LogP contribution in [0.4, 0.5) is 0 Å². The van der Waals surface area contributed by atoms with E-state index in [2.05, 4.69) is 18.7 Å². The van der Waals surface area contributed by atoms with Gasteiger partial charge in [0, 0.05) is 25.7 Å². The van der Waals surface area contributed by atoms with Crippen LogP contribution in [0.25, 0.3) is 0 Å². The SMILES string of the molecule is COc1ccc(C(CN)N2C[C@@H](C)O[C@@H](C)C2)cc1Cl. The molecule has 0 aliphatic carbocycles. The number of rotatable bonds is 4. The molecule has 112 valence electrons. The molecule has 1 aliphatic heterocycles. The largest absolute Gasteiger partial charge is 0.495 e. The lowest BCUT2D eigenvalue weighted by Crippen LogP contribution is -2.48. The fourth-order valence-electron chi connectivity index (χ4n) is 2.86. The van der Waals surface area contributed by atoms with E-state index in [1.807, 2.05) is 18.2 Å². The van der Waals surface area contributed by atoms with Crippen LogP contribution in [0.15, 0.2) is 18.2 Å². The first-order chi connectivity index (χ1) is 9.55. The molecule has 2 rings (SSSR count). The van der Waals surface area contributed by atoms with Crippen LogP contribution in [-0.4, -0.2) is 43.9 Å². The molecule has 0 radical (unpaired) electrons. The minimum Gasteiger partial charge on any atom is -0.495 e. The van der Waals surface area contributed by atoms with Crippen LogP contribution in [0.3, 0.4) is 0 Å². The van der Waals surface area contributed by atoms with E-state index in [4.69, 9.17) is 26.8 Å². The van der Waals surface area contributed by atoms with Crippen LogP contribution < -0.4 is 10.5 Å². The Morgan fingerprint density at radius 3 is 2.55 bits per heavy atom. The van der Waals surface area contributed by atoms with E-state index in [0.29, 0.717) is 17.3 Å². The van der Waals surface area contributed by atoms with Crippen molar-refractivity contribution >= 4 is 11.6 Å². The number of hydrogen-bond donors (Lipinski definition) is 1. The molecule has 2 N–H and O–H groups in total. The summed E-state index contributed by atoms with van der Waals surface area (Å²) < 4.78 is 11.0. The first kappa shape index (κ1) is 15.6. The van der Waals surface area contributed by atoms with E-state index in [1.54, 1.807) is 7.11 Å². The van der Waals surface area contributed by atoms with Crippen LogP contribution in [-0.2, 0) is 4.74 Å². The molecule has 0 aromatic heterocycles. The second-order valence-corrected chi connectivity index (χ2v) is 5.76. The highest BCUT2D eigenvalue weighted by molar-refractivity contribution is 6.32. The van der Waals surface area contributed by atoms with E-state index in [-0.39, 0.29) is 18.2 Å². The Labute approximate surface area is 125 Å². The van der Waals surface area contributed by atoms with Gasteiger partial charge in [0.1, 0.15) is 5.75 Å². The number of hydrogen-bond acceptors (Lipinski definition) is 4. The second kappa shape index (κ2) is 6.76. The van der Waals surface area contributed by atoms with Crippen LogP contribution in [0, 0.1) is 0 Å². The monoisotopic (exact) mass is 298 g/mol. The molecule has 1 unspecified atom stereocenters. The van der Waals surface area contributed by atoms with Crippen molar-refractivity contribution in [3.05, 3.63) is 28.8 Å². The highest BCUT2D eigenvalue weighted by atomic mass is 35.5. The number of nitrogens with zero attached hydrogens (tertiary/aromatic N) is 1. The summed E-state index contributed by atoms with van der Waals surface area (Å²) >= 11 is 6.22. The molecule has 4 nitrogen and oxygen atoms in total. The fraction of sp³-hybridized carbons (Fsp3) is 0.600. The summed E-state index contributed by atoms with van der Waals surface area (Å²) in [5.41, 5.74) is 7.11. The normalized spacial score (nSPS) is 25.4. The molecular formula is C15H23ClN2O2. The summed E-state index contributed by atoms with van der Waals surface area (Å²) in [6.45, 7) is 6.52. The van der Waals surface area contributed by atoms with Crippen molar-refractivity contribution in [1.29, 1.82) is 0 Å². The topological polar surface area (TPSA) is 47.7 Å². The number of methoxy groups -OCH3 is 1. The molecule has 1 heterocycles. The highest BCUT2D eigenvalue weighted by Crippen LogP contribution is 2.30. The Hall–Kier alpha value is -0.810. The van der Waals surface area contributed by atoms with E-state index in [9.17, 15) is 0 Å². The maximum atomic E-state index is 6.22. The van der Waals surface area contributed by atoms with Crippen molar-refractivity contribution in [3.63, 3.8) is 0 Å². The van der Waals surface area contributed by atoms with Crippen molar-refractivity contribution < 1.29 is 9.47 Å². The lowest BCUT2D eigenvalue weighted by atomic mass is 10.0. The average molecular weight is 299 g/mol. The molecule has 1 fully saturated rings. The molecule has 3 atom stereocenters. The summed E-state index contributed by atoms with van der Waals surface area (Å²) in [5.74, 6) is 0.690. The van der Waals surface area contributed by atoms with Crippen molar-refractivity contribution in [2.45, 2.75) is 32.1 Å². The number of nitrogens with two attached hydrogens (primary N) is 1. The number of halogens is 1. The summed E-state index contributed by atoms with van der Waals surface area (Å²) in [4.78, 5) is 2.37. The van der Waals surface area contributed by atoms with Crippen molar-refractivity contribution in [2.24, 2.45) is 5.73 Å². The van der Waals surface area contributed by atoms with Gasteiger partial charge < -0.3 is 15.2 Å². The predicted molar refractivity (Wildman–Crippen MR) is 81.4 cm³/mol. The van der Waals surface area contributed by atoms with Crippen molar-refractivity contribution in [3.8, 4) is 5.75 Å². The number of ether oxygens (including phenoxy) is 2. The molecule has 0 bridgehead atoms. The third-order valence-corrected chi connectivity index (χ3v) is 3.97. The van der Waals surface area contributed by atoms with Crippen LogP contribution in [0.5, 0.6) is 5.75 Å². The lowest BCUT2D eigenvalue weighted by Gasteiger charge is -2.40. The van der Waals surface area contributed by atoms with Gasteiger partial charge >= 0.3 is 0 Å². The van der Waals surface area contributed by atoms with Gasteiger partial charge in [0.15, 0.2) is 0 Å². The average Bonchev–Trinajstić information content (AvgIpc) is 2.38. The molecule has 1 aromatic rings. The maximum absolute atomic E-state index is 6.22. The highest BCUT2D eigenvalue weighted by Gasteiger charge is 2.28. The van der Waals surface area contributed by atoms with Crippen LogP contribution >= 0.6 is 11.6 Å². The van der Waals surface area contributed by atoms with E-state index in [0.717, 1.165) is 18.7 Å². The van der Waals surface area contributed by atoms with Crippen molar-refractivity contribution in [1.82, 2.24) is 4.90 Å². The second-order valence-electron chi connectivity index (χ2n) is 5.36. The molecule has 0 spiro atoms. The van der Waals surface area contributed by atoms with Gasteiger partial charge in [-0.2, -0.15) is 0 Å². The Kier molecular flexibility index (Phi) is 5.27. The van der Waals surface area contributed by atoms with Crippen LogP contribution in [0.1, 0.15) is 25.5 Å². The number of benzene rings is 1. The van der Waals surface area contributed by atoms with Gasteiger partial charge in [-0.25, -0.2) is 0 Å². The zero-order valence-electron chi connectivity index (χ0n) is 12.3. The van der Waals surface area contributed by atoms with E-state index < -0.39 is 0 Å². The standard InChI is InChI=1S/C15H23ClN2O2/c1-10-8-18(9-11(2)20-10)14(7-17)12-4-5-15(19-3)13(16)6-12/h4-6,10-11,14H,7-9,17H2,1-3H3/t10-,11+,14?. The van der Waals surface area contributed by atoms with Gasteiger partial charge in [-0.1, -0.05) is 17.7 Å². The predicted octanol–water partition coefficient (Wildman–Crippen LogP) is 2.46. The van der Waals surface area contributed by atoms with Gasteiger partial charge in [0.25, 0.3) is 0 Å². The quantitative estimate of drug-likeness (QED) is 0.927. The molecule has 0 saturated carbocycles. The summed E-state index contributed by atoms with van der Waals surface area (Å²) in [6, 6.07) is 6.04. The zero-order valence-corrected chi connectivity index (χ0v) is 13.1. The van der Waals surface area contributed by atoms with Gasteiger partial charge in [0.05, 0.1) is 24.3 Å². The third-order valence-electron chi connectivity index (χ3n) is 3.67. The minimum absolute atomic E-state index is 0.159. The van der Waals surface area contributed by atoms with E-state index in [1.165, 1.54) is 0 Å². The molecular weight excluding hydrogens is 276 g/mol. The number of morpholine rings is 1. The molecule has 1 aromatic carbocycles.